The first kappa shape index (κ1) is 46.5. The van der Waals surface area contributed by atoms with E-state index in [1.54, 1.807) is 0 Å². The molecule has 0 saturated heterocycles. The van der Waals surface area contributed by atoms with Crippen LogP contribution in [0.15, 0.2) is 164 Å². The summed E-state index contributed by atoms with van der Waals surface area (Å²) in [6.07, 6.45) is 4.32. The van der Waals surface area contributed by atoms with Gasteiger partial charge < -0.3 is 14.5 Å². The summed E-state index contributed by atoms with van der Waals surface area (Å²) in [5.74, 6) is 2.49. The van der Waals surface area contributed by atoms with Crippen LogP contribution < -0.4 is 14.5 Å². The molecule has 0 unspecified atom stereocenters. The maximum absolute atomic E-state index is 7.29. The number of pyridine rings is 1. The van der Waals surface area contributed by atoms with E-state index in [1.807, 2.05) is 6.20 Å². The Morgan fingerprint density at radius 2 is 1.10 bits per heavy atom. The first-order valence-electron chi connectivity index (χ1n) is 24.4. The fourth-order valence-electron chi connectivity index (χ4n) is 9.76. The molecule has 348 valence electrons. The van der Waals surface area contributed by atoms with Gasteiger partial charge in [-0.2, -0.15) is 0 Å². The third kappa shape index (κ3) is 8.96. The van der Waals surface area contributed by atoms with E-state index in [4.69, 9.17) is 9.72 Å². The molecule has 0 amide bonds. The molecular weight excluding hydrogens is 829 g/mol. The lowest BCUT2D eigenvalue weighted by atomic mass is 9.78. The van der Waals surface area contributed by atoms with Gasteiger partial charge in [0, 0.05) is 63.2 Å². The van der Waals surface area contributed by atoms with E-state index in [9.17, 15) is 0 Å². The summed E-state index contributed by atoms with van der Waals surface area (Å²) in [6.45, 7) is 32.9. The van der Waals surface area contributed by atoms with Crippen molar-refractivity contribution in [3.8, 4) is 28.4 Å². The molecule has 0 bridgehead atoms. The zero-order valence-corrected chi connectivity index (χ0v) is 42.9. The van der Waals surface area contributed by atoms with Crippen LogP contribution in [0.1, 0.15) is 125 Å². The highest BCUT2D eigenvalue weighted by atomic mass is 16.5. The van der Waals surface area contributed by atoms with Crippen molar-refractivity contribution in [2.75, 3.05) is 16.5 Å². The summed E-state index contributed by atoms with van der Waals surface area (Å²) in [4.78, 5) is 9.95. The van der Waals surface area contributed by atoms with Crippen molar-refractivity contribution in [1.82, 2.24) is 9.55 Å². The van der Waals surface area contributed by atoms with Gasteiger partial charge >= 0.3 is 0 Å². The Bertz CT molecular complexity index is 3180. The van der Waals surface area contributed by atoms with Crippen LogP contribution in [0.3, 0.4) is 0 Å². The molecule has 9 rings (SSSR count). The Morgan fingerprint density at radius 3 is 1.76 bits per heavy atom. The number of aromatic nitrogens is 2. The zero-order chi connectivity index (χ0) is 48.6. The van der Waals surface area contributed by atoms with Crippen molar-refractivity contribution in [3.05, 3.63) is 192 Å². The zero-order valence-electron chi connectivity index (χ0n) is 42.9. The van der Waals surface area contributed by atoms with Crippen LogP contribution in [0, 0.1) is 5.41 Å². The number of hydrogen-bond donors (Lipinski definition) is 0. The minimum Gasteiger partial charge on any atom is -0.457 e. The van der Waals surface area contributed by atoms with E-state index in [2.05, 4.69) is 263 Å². The summed E-state index contributed by atoms with van der Waals surface area (Å²) in [6, 6.07) is 53.2. The smallest absolute Gasteiger partial charge is 0.137 e. The molecule has 1 aliphatic heterocycles. The molecule has 0 spiro atoms. The highest BCUT2D eigenvalue weighted by Gasteiger charge is 2.34. The first-order valence-corrected chi connectivity index (χ1v) is 24.4. The van der Waals surface area contributed by atoms with Gasteiger partial charge in [0.2, 0.25) is 0 Å². The molecule has 6 aromatic carbocycles. The molecule has 68 heavy (non-hydrogen) atoms. The van der Waals surface area contributed by atoms with Crippen molar-refractivity contribution in [2.45, 2.75) is 119 Å². The third-order valence-corrected chi connectivity index (χ3v) is 13.9. The Kier molecular flexibility index (Phi) is 11.5. The van der Waals surface area contributed by atoms with Crippen LogP contribution in [0.25, 0.3) is 38.8 Å². The number of anilines is 2. The van der Waals surface area contributed by atoms with Gasteiger partial charge in [-0.3, -0.25) is 4.57 Å². The van der Waals surface area contributed by atoms with Crippen LogP contribution >= 0.6 is 0 Å². The van der Waals surface area contributed by atoms with Gasteiger partial charge in [-0.15, -0.1) is 0 Å². The molecule has 8 aromatic rings. The van der Waals surface area contributed by atoms with Crippen LogP contribution in [0.5, 0.6) is 11.5 Å². The molecule has 0 fully saturated rings. The predicted molar refractivity (Wildman–Crippen MR) is 289 cm³/mol. The Labute approximate surface area is 406 Å². The highest BCUT2D eigenvalue weighted by molar-refractivity contribution is 6.11. The van der Waals surface area contributed by atoms with Crippen molar-refractivity contribution in [3.63, 3.8) is 0 Å². The second kappa shape index (κ2) is 16.9. The first-order chi connectivity index (χ1) is 32.0. The molecule has 5 heteroatoms. The van der Waals surface area contributed by atoms with Crippen molar-refractivity contribution < 1.29 is 4.74 Å². The summed E-state index contributed by atoms with van der Waals surface area (Å²) in [7, 11) is 0. The maximum atomic E-state index is 7.29. The van der Waals surface area contributed by atoms with E-state index in [0.29, 0.717) is 6.67 Å². The number of hydrogen-bond acceptors (Lipinski definition) is 4. The summed E-state index contributed by atoms with van der Waals surface area (Å²) in [5.41, 5.74) is 13.7. The van der Waals surface area contributed by atoms with Gasteiger partial charge in [-0.25, -0.2) is 4.98 Å². The Morgan fingerprint density at radius 1 is 0.471 bits per heavy atom. The van der Waals surface area contributed by atoms with Crippen LogP contribution in [0.4, 0.5) is 11.4 Å². The van der Waals surface area contributed by atoms with E-state index < -0.39 is 0 Å². The average molecular weight is 899 g/mol. The summed E-state index contributed by atoms with van der Waals surface area (Å²) in [5, 5.41) is 2.44. The fraction of sp³-hybridized carbons (Fsp3) is 0.317. The maximum Gasteiger partial charge on any atom is 0.137 e. The molecule has 0 atom stereocenters. The molecule has 3 heterocycles. The SMILES string of the molecule is CC(C)(C)C1=CN(c2cc(Oc3cc(C(C)(C)C)c4c5ccccc5n(-c5cc(C(C)(C)C)ccn5)c4c3)cc(C(C)(C)c3ccccc3)c2)CN1c1cc(-c2ccccc2)cc(C(C)(C)C)c1. The number of benzene rings is 6. The van der Waals surface area contributed by atoms with E-state index >= 15 is 0 Å². The predicted octanol–water partition coefficient (Wildman–Crippen LogP) is 17.0. The van der Waals surface area contributed by atoms with Crippen LogP contribution in [-0.4, -0.2) is 16.2 Å². The molecule has 2 aromatic heterocycles. The van der Waals surface area contributed by atoms with Gasteiger partial charge in [-0.1, -0.05) is 182 Å². The van der Waals surface area contributed by atoms with Crippen molar-refractivity contribution in [1.29, 1.82) is 0 Å². The molecule has 0 aliphatic carbocycles. The number of fused-ring (bicyclic) bond motifs is 3. The standard InChI is InChI=1S/C63H70N4O/c1-59(2,3)45-29-30-64-57(36-45)67-54-28-22-21-27-52(54)58-53(61(7,8)9)38-51(39-55(58)67)68-50-35-47(63(13,14)44-25-19-16-20-26-44)34-48(37-50)65-40-56(62(10,11)12)66(41-65)49-32-43(42-23-17-15-18-24-42)31-46(33-49)60(4,5)6/h15-40H,41H2,1-14H3. The number of allylic oxidation sites excluding steroid dienone is 1. The summed E-state index contributed by atoms with van der Waals surface area (Å²) >= 11 is 0. The topological polar surface area (TPSA) is 33.5 Å². The van der Waals surface area contributed by atoms with Crippen molar-refractivity contribution in [2.24, 2.45) is 5.41 Å². The highest BCUT2D eigenvalue weighted by Crippen LogP contribution is 2.46. The van der Waals surface area contributed by atoms with Gasteiger partial charge in [-0.05, 0) is 104 Å². The number of ether oxygens (including phenoxy) is 1. The summed E-state index contributed by atoms with van der Waals surface area (Å²) < 4.78 is 9.62. The quantitative estimate of drug-likeness (QED) is 0.152. The fourth-order valence-corrected chi connectivity index (χ4v) is 9.76. The van der Waals surface area contributed by atoms with Gasteiger partial charge in [0.1, 0.15) is 17.3 Å². The third-order valence-electron chi connectivity index (χ3n) is 13.9. The molecule has 0 radical (unpaired) electrons. The lowest BCUT2D eigenvalue weighted by Crippen LogP contribution is -2.31. The molecule has 1 aliphatic rings. The molecular formula is C63H70N4O. The van der Waals surface area contributed by atoms with Gasteiger partial charge in [0.05, 0.1) is 17.7 Å². The van der Waals surface area contributed by atoms with Crippen LogP contribution in [-0.2, 0) is 21.7 Å². The second-order valence-corrected chi connectivity index (χ2v) is 23.6. The minimum absolute atomic E-state index is 0.0334. The van der Waals surface area contributed by atoms with Crippen LogP contribution in [0.2, 0.25) is 0 Å². The minimum atomic E-state index is -0.326. The lowest BCUT2D eigenvalue weighted by molar-refractivity contribution is 0.477. The molecule has 0 saturated carbocycles. The largest absolute Gasteiger partial charge is 0.457 e. The van der Waals surface area contributed by atoms with Crippen molar-refractivity contribution >= 4 is 33.2 Å². The number of para-hydroxylation sites is 1. The van der Waals surface area contributed by atoms with E-state index in [1.165, 1.54) is 61.1 Å². The lowest BCUT2D eigenvalue weighted by Gasteiger charge is -2.33. The molecule has 5 nitrogen and oxygen atoms in total. The van der Waals surface area contributed by atoms with E-state index in [-0.39, 0.29) is 27.1 Å². The monoisotopic (exact) mass is 899 g/mol. The average Bonchev–Trinajstić information content (AvgIpc) is 3.90. The van der Waals surface area contributed by atoms with E-state index in [0.717, 1.165) is 34.0 Å². The van der Waals surface area contributed by atoms with Gasteiger partial charge in [0.25, 0.3) is 0 Å². The second-order valence-electron chi connectivity index (χ2n) is 23.6. The Hall–Kier alpha value is -6.59. The molecule has 0 N–H and O–H groups in total. The number of rotatable bonds is 8. The number of nitrogens with zero attached hydrogens (tertiary/aromatic N) is 4. The Balaban J connectivity index is 1.21. The normalized spacial score (nSPS) is 14.0. The van der Waals surface area contributed by atoms with Gasteiger partial charge in [0.15, 0.2) is 0 Å².